The molecule has 0 saturated carbocycles. The minimum Gasteiger partial charge on any atom is -0.493 e. The van der Waals surface area contributed by atoms with Crippen LogP contribution >= 0.6 is 0 Å². The number of benzene rings is 4. The molecule has 1 heterocycles. The zero-order chi connectivity index (χ0) is 29.1. The summed E-state index contributed by atoms with van der Waals surface area (Å²) in [4.78, 5) is 31.5. The number of aromatic nitrogens is 1. The Balaban J connectivity index is 1.28. The molecule has 2 N–H and O–H groups in total. The number of amides is 1. The molecule has 4 aromatic carbocycles. The van der Waals surface area contributed by atoms with Crippen molar-refractivity contribution in [1.29, 1.82) is 0 Å². The number of nitrogens with zero attached hydrogens (tertiary/aromatic N) is 1. The summed E-state index contributed by atoms with van der Waals surface area (Å²) in [5.41, 5.74) is 4.21. The normalized spacial score (nSPS) is 11.3. The van der Waals surface area contributed by atoms with Gasteiger partial charge < -0.3 is 24.7 Å². The van der Waals surface area contributed by atoms with Crippen molar-refractivity contribution in [2.45, 2.75) is 19.9 Å². The molecule has 0 bridgehead atoms. The molecule has 5 rings (SSSR count). The molecule has 1 amide bonds. The number of hydrogen-bond donors (Lipinski definition) is 2. The minimum absolute atomic E-state index is 0.0851. The van der Waals surface area contributed by atoms with Gasteiger partial charge >= 0.3 is 0 Å². The van der Waals surface area contributed by atoms with Crippen molar-refractivity contribution >= 4 is 33.4 Å². The number of nitrogens with one attached hydrogen (secondary N) is 2. The highest BCUT2D eigenvalue weighted by atomic mass is 19.1. The first-order valence-corrected chi connectivity index (χ1v) is 13.3. The second-order valence-corrected chi connectivity index (χ2v) is 10.1. The van der Waals surface area contributed by atoms with E-state index in [1.807, 2.05) is 37.3 Å². The predicted octanol–water partition coefficient (Wildman–Crippen LogP) is 6.07. The molecule has 5 aromatic rings. The molecule has 0 aliphatic carbocycles. The predicted molar refractivity (Wildman–Crippen MR) is 161 cm³/mol. The first kappa shape index (κ1) is 27.9. The van der Waals surface area contributed by atoms with Crippen molar-refractivity contribution in [2.75, 3.05) is 33.1 Å². The third-order valence-corrected chi connectivity index (χ3v) is 7.28. The molecule has 0 spiro atoms. The van der Waals surface area contributed by atoms with Crippen molar-refractivity contribution in [3.05, 3.63) is 111 Å². The van der Waals surface area contributed by atoms with Crippen molar-refractivity contribution in [1.82, 2.24) is 9.88 Å². The van der Waals surface area contributed by atoms with Crippen LogP contribution in [0, 0.1) is 12.7 Å². The van der Waals surface area contributed by atoms with E-state index in [9.17, 15) is 14.0 Å². The van der Waals surface area contributed by atoms with Crippen LogP contribution in [0.3, 0.4) is 0 Å². The van der Waals surface area contributed by atoms with Crippen LogP contribution in [-0.4, -0.2) is 43.6 Å². The lowest BCUT2D eigenvalue weighted by Gasteiger charge is -2.18. The van der Waals surface area contributed by atoms with Gasteiger partial charge in [0.05, 0.1) is 30.8 Å². The van der Waals surface area contributed by atoms with E-state index in [0.29, 0.717) is 28.1 Å². The molecule has 7 nitrogen and oxygen atoms in total. The number of ether oxygens (including phenoxy) is 2. The summed E-state index contributed by atoms with van der Waals surface area (Å²) in [5, 5.41) is 3.54. The van der Waals surface area contributed by atoms with Gasteiger partial charge in [0, 0.05) is 29.5 Å². The maximum atomic E-state index is 14.5. The number of hydrogen-bond acceptors (Lipinski definition) is 5. The van der Waals surface area contributed by atoms with E-state index < -0.39 is 5.82 Å². The summed E-state index contributed by atoms with van der Waals surface area (Å²) >= 11 is 0. The van der Waals surface area contributed by atoms with Crippen molar-refractivity contribution in [2.24, 2.45) is 0 Å². The van der Waals surface area contributed by atoms with E-state index in [0.717, 1.165) is 36.2 Å². The summed E-state index contributed by atoms with van der Waals surface area (Å²) in [7, 11) is 5.32. The minimum atomic E-state index is -0.544. The number of halogens is 1. The molecule has 41 heavy (non-hydrogen) atoms. The Morgan fingerprint density at radius 1 is 0.902 bits per heavy atom. The van der Waals surface area contributed by atoms with E-state index >= 15 is 0 Å². The molecule has 0 atom stereocenters. The lowest BCUT2D eigenvalue weighted by molar-refractivity contribution is 0.102. The lowest BCUT2D eigenvalue weighted by atomic mass is 10.0. The number of fused-ring (bicyclic) bond motifs is 2. The third kappa shape index (κ3) is 5.78. The Hall–Kier alpha value is -4.69. The summed E-state index contributed by atoms with van der Waals surface area (Å²) in [6, 6.07) is 21.2. The van der Waals surface area contributed by atoms with Crippen LogP contribution in [0.2, 0.25) is 0 Å². The van der Waals surface area contributed by atoms with Gasteiger partial charge in [-0.15, -0.1) is 0 Å². The molecule has 0 fully saturated rings. The second-order valence-electron chi connectivity index (χ2n) is 10.1. The Morgan fingerprint density at radius 2 is 1.61 bits per heavy atom. The lowest BCUT2D eigenvalue weighted by Crippen LogP contribution is -2.21. The van der Waals surface area contributed by atoms with Gasteiger partial charge in [-0.05, 0) is 79.5 Å². The van der Waals surface area contributed by atoms with Crippen LogP contribution in [0.1, 0.15) is 27.0 Å². The molecule has 1 aromatic heterocycles. The number of aromatic amines is 1. The second kappa shape index (κ2) is 11.8. The number of aryl methyl sites for hydroxylation is 1. The molecule has 0 saturated heterocycles. The summed E-state index contributed by atoms with van der Waals surface area (Å²) in [6.45, 7) is 3.55. The smallest absolute Gasteiger partial charge is 0.257 e. The number of methoxy groups -OCH3 is 2. The van der Waals surface area contributed by atoms with E-state index in [4.69, 9.17) is 9.47 Å². The molecular weight excluding hydrogens is 521 g/mol. The SMILES string of the molecule is COc1ccc(CN(C)CCc2ccc(NC(=O)c3cccc4c(=O)c5cccc(F)c5[nH]c34)c(C)c2)cc1OC. The number of carbonyl (C=O) groups excluding carboxylic acids is 1. The van der Waals surface area contributed by atoms with E-state index in [1.165, 1.54) is 12.1 Å². The Labute approximate surface area is 237 Å². The molecule has 0 radical (unpaired) electrons. The number of rotatable bonds is 9. The van der Waals surface area contributed by atoms with Crippen molar-refractivity contribution in [3.63, 3.8) is 0 Å². The molecular formula is C33H32FN3O4. The van der Waals surface area contributed by atoms with E-state index in [2.05, 4.69) is 28.3 Å². The highest BCUT2D eigenvalue weighted by molar-refractivity contribution is 6.13. The highest BCUT2D eigenvalue weighted by Gasteiger charge is 2.16. The van der Waals surface area contributed by atoms with Gasteiger partial charge in [0.2, 0.25) is 0 Å². The first-order chi connectivity index (χ1) is 19.8. The number of H-pyrrole nitrogens is 1. The fourth-order valence-electron chi connectivity index (χ4n) is 5.08. The fourth-order valence-corrected chi connectivity index (χ4v) is 5.08. The van der Waals surface area contributed by atoms with Crippen LogP contribution in [-0.2, 0) is 13.0 Å². The average molecular weight is 554 g/mol. The molecule has 0 unspecified atom stereocenters. The van der Waals surface area contributed by atoms with Crippen molar-refractivity contribution < 1.29 is 18.7 Å². The third-order valence-electron chi connectivity index (χ3n) is 7.28. The zero-order valence-electron chi connectivity index (χ0n) is 23.5. The zero-order valence-corrected chi connectivity index (χ0v) is 23.5. The standard InChI is InChI=1S/C33H32FN3O4/c1-20-17-21(15-16-37(2)19-22-12-14-28(40-3)29(18-22)41-4)11-13-27(20)35-33(39)25-9-5-7-23-30(25)36-31-24(32(23)38)8-6-10-26(31)34/h5-14,17-18H,15-16,19H2,1-4H3,(H,35,39)(H,36,38). The Morgan fingerprint density at radius 3 is 2.34 bits per heavy atom. The van der Waals surface area contributed by atoms with Gasteiger partial charge in [-0.3, -0.25) is 9.59 Å². The van der Waals surface area contributed by atoms with Crippen LogP contribution in [0.4, 0.5) is 10.1 Å². The van der Waals surface area contributed by atoms with Gasteiger partial charge in [-0.1, -0.05) is 30.3 Å². The maximum Gasteiger partial charge on any atom is 0.257 e. The maximum absolute atomic E-state index is 14.5. The fraction of sp³-hybridized carbons (Fsp3) is 0.212. The highest BCUT2D eigenvalue weighted by Crippen LogP contribution is 2.28. The summed E-state index contributed by atoms with van der Waals surface area (Å²) < 4.78 is 25.2. The summed E-state index contributed by atoms with van der Waals surface area (Å²) in [5.74, 6) is 0.490. The van der Waals surface area contributed by atoms with Gasteiger partial charge in [-0.2, -0.15) is 0 Å². The molecule has 8 heteroatoms. The number of anilines is 1. The molecule has 0 aliphatic rings. The Bertz CT molecular complexity index is 1810. The Kier molecular flexibility index (Phi) is 8.03. The van der Waals surface area contributed by atoms with Crippen LogP contribution in [0.5, 0.6) is 11.5 Å². The van der Waals surface area contributed by atoms with E-state index in [-0.39, 0.29) is 27.8 Å². The monoisotopic (exact) mass is 553 g/mol. The van der Waals surface area contributed by atoms with Crippen molar-refractivity contribution in [3.8, 4) is 11.5 Å². The number of para-hydroxylation sites is 2. The summed E-state index contributed by atoms with van der Waals surface area (Å²) in [6.07, 6.45) is 0.835. The van der Waals surface area contributed by atoms with Gasteiger partial charge in [0.1, 0.15) is 5.82 Å². The number of likely N-dealkylation sites (N-methyl/N-ethyl adjacent to an activating group) is 1. The first-order valence-electron chi connectivity index (χ1n) is 13.3. The van der Waals surface area contributed by atoms with Crippen LogP contribution < -0.4 is 20.2 Å². The average Bonchev–Trinajstić information content (AvgIpc) is 2.97. The van der Waals surface area contributed by atoms with E-state index in [1.54, 1.807) is 38.5 Å². The molecule has 210 valence electrons. The quantitative estimate of drug-likeness (QED) is 0.217. The number of pyridine rings is 1. The van der Waals surface area contributed by atoms with Gasteiger partial charge in [0.25, 0.3) is 5.91 Å². The van der Waals surface area contributed by atoms with Crippen LogP contribution in [0.15, 0.2) is 77.6 Å². The number of carbonyl (C=O) groups is 1. The van der Waals surface area contributed by atoms with Crippen LogP contribution in [0.25, 0.3) is 21.8 Å². The molecule has 0 aliphatic heterocycles. The van der Waals surface area contributed by atoms with Gasteiger partial charge in [-0.25, -0.2) is 4.39 Å². The van der Waals surface area contributed by atoms with Gasteiger partial charge in [0.15, 0.2) is 16.9 Å². The largest absolute Gasteiger partial charge is 0.493 e. The topological polar surface area (TPSA) is 83.7 Å².